The number of rotatable bonds is 13. The minimum atomic E-state index is -0.559. The summed E-state index contributed by atoms with van der Waals surface area (Å²) in [6.45, 7) is 5.24. The lowest BCUT2D eigenvalue weighted by Crippen LogP contribution is -2.28. The molecule has 1 aliphatic carbocycles. The molecule has 12 heteroatoms. The van der Waals surface area contributed by atoms with Crippen LogP contribution in [0.2, 0.25) is 0 Å². The maximum atomic E-state index is 13.4. The smallest absolute Gasteiger partial charge is 0.200 e. The zero-order valence-electron chi connectivity index (χ0n) is 22.2. The van der Waals surface area contributed by atoms with Crippen molar-refractivity contribution in [2.24, 2.45) is 0 Å². The Balaban J connectivity index is 0.000000390. The second-order valence-electron chi connectivity index (χ2n) is 9.24. The number of aliphatic hydroxyl groups is 2. The molecule has 2 aromatic carbocycles. The van der Waals surface area contributed by atoms with E-state index in [2.05, 4.69) is 43.3 Å². The fraction of sp³-hybridized carbons (Fsp3) is 0.357. The maximum absolute atomic E-state index is 13.4. The number of nitrogens with one attached hydrogen (secondary N) is 4. The molecule has 0 unspecified atom stereocenters. The third-order valence-corrected chi connectivity index (χ3v) is 6.43. The first-order valence-corrected chi connectivity index (χ1v) is 13.3. The van der Waals surface area contributed by atoms with Crippen LogP contribution in [0.1, 0.15) is 31.8 Å². The van der Waals surface area contributed by atoms with Crippen molar-refractivity contribution < 1.29 is 30.0 Å². The zero-order chi connectivity index (χ0) is 28.5. The molecule has 40 heavy (non-hydrogen) atoms. The summed E-state index contributed by atoms with van der Waals surface area (Å²) in [6, 6.07) is 9.82. The number of aromatic nitrogens is 1. The largest absolute Gasteiger partial charge is 0.507 e. The number of fused-ring (bicyclic) bond motifs is 2. The van der Waals surface area contributed by atoms with E-state index in [9.17, 15) is 19.8 Å². The minimum absolute atomic E-state index is 0.00939. The van der Waals surface area contributed by atoms with Gasteiger partial charge >= 0.3 is 0 Å². The van der Waals surface area contributed by atoms with Crippen molar-refractivity contribution in [2.45, 2.75) is 0 Å². The zero-order valence-corrected chi connectivity index (χ0v) is 22.2. The molecule has 2 aliphatic rings. The summed E-state index contributed by atoms with van der Waals surface area (Å²) in [4.78, 5) is 26.7. The number of phenols is 2. The molecule has 3 aromatic rings. The van der Waals surface area contributed by atoms with E-state index in [0.29, 0.717) is 50.6 Å². The first-order chi connectivity index (χ1) is 19.5. The van der Waals surface area contributed by atoms with Crippen LogP contribution in [0.5, 0.6) is 11.5 Å². The Hall–Kier alpha value is -4.10. The van der Waals surface area contributed by atoms with Crippen LogP contribution in [0.25, 0.3) is 0 Å². The van der Waals surface area contributed by atoms with Crippen LogP contribution in [-0.2, 0) is 0 Å². The molecular weight excluding hydrogens is 516 g/mol. The van der Waals surface area contributed by atoms with Crippen molar-refractivity contribution in [3.05, 3.63) is 71.0 Å². The van der Waals surface area contributed by atoms with Crippen molar-refractivity contribution in [3.63, 3.8) is 0 Å². The Labute approximate surface area is 232 Å². The predicted molar refractivity (Wildman–Crippen MR) is 152 cm³/mol. The number of phenolic OH excluding ortho intramolecular Hbond substituents is 2. The van der Waals surface area contributed by atoms with Crippen molar-refractivity contribution in [1.29, 1.82) is 0 Å². The van der Waals surface area contributed by atoms with Crippen LogP contribution < -0.4 is 26.3 Å². The summed E-state index contributed by atoms with van der Waals surface area (Å²) in [7, 11) is 0. The summed E-state index contributed by atoms with van der Waals surface area (Å²) >= 11 is 0. The molecule has 0 spiro atoms. The highest BCUT2D eigenvalue weighted by Crippen LogP contribution is 2.42. The van der Waals surface area contributed by atoms with Crippen LogP contribution in [0.4, 0.5) is 11.4 Å². The van der Waals surface area contributed by atoms with Gasteiger partial charge < -0.3 is 46.7 Å². The van der Waals surface area contributed by atoms with E-state index in [4.69, 9.17) is 10.2 Å². The van der Waals surface area contributed by atoms with E-state index in [-0.39, 0.29) is 47.0 Å². The Bertz CT molecular complexity index is 1230. The Morgan fingerprint density at radius 2 is 1.07 bits per heavy atom. The van der Waals surface area contributed by atoms with Crippen LogP contribution in [0.3, 0.4) is 0 Å². The van der Waals surface area contributed by atoms with Gasteiger partial charge in [0.15, 0.2) is 0 Å². The number of hydrogen-bond acceptors (Lipinski definition) is 11. The van der Waals surface area contributed by atoms with Crippen molar-refractivity contribution in [2.75, 3.05) is 81.2 Å². The Kier molecular flexibility index (Phi) is 9.97. The molecule has 1 aromatic heterocycles. The van der Waals surface area contributed by atoms with Gasteiger partial charge in [-0.25, -0.2) is 0 Å². The number of ketones is 2. The molecule has 214 valence electrons. The quantitative estimate of drug-likeness (QED) is 0.0652. The van der Waals surface area contributed by atoms with Gasteiger partial charge in [0.2, 0.25) is 11.6 Å². The molecule has 12 nitrogen and oxygen atoms in total. The van der Waals surface area contributed by atoms with E-state index in [1.54, 1.807) is 12.1 Å². The molecule has 1 fully saturated rings. The highest BCUT2D eigenvalue weighted by molar-refractivity contribution is 6.33. The first-order valence-electron chi connectivity index (χ1n) is 13.3. The lowest BCUT2D eigenvalue weighted by molar-refractivity contribution is 0.0975. The Morgan fingerprint density at radius 3 is 1.48 bits per heavy atom. The van der Waals surface area contributed by atoms with Crippen LogP contribution in [0, 0.1) is 0 Å². The maximum Gasteiger partial charge on any atom is 0.200 e. The normalized spacial score (nSPS) is 13.3. The fourth-order valence-electron chi connectivity index (χ4n) is 4.43. The summed E-state index contributed by atoms with van der Waals surface area (Å²) in [5.74, 6) is -1.86. The van der Waals surface area contributed by atoms with Crippen LogP contribution in [-0.4, -0.2) is 102 Å². The second kappa shape index (κ2) is 13.8. The van der Waals surface area contributed by atoms with Gasteiger partial charge in [0, 0.05) is 63.0 Å². The van der Waals surface area contributed by atoms with Crippen LogP contribution >= 0.6 is 0 Å². The number of benzene rings is 2. The highest BCUT2D eigenvalue weighted by atomic mass is 16.3. The summed E-state index contributed by atoms with van der Waals surface area (Å²) in [5.41, 5.74) is 0.678. The van der Waals surface area contributed by atoms with E-state index >= 15 is 0 Å². The van der Waals surface area contributed by atoms with Crippen molar-refractivity contribution >= 4 is 22.9 Å². The monoisotopic (exact) mass is 552 g/mol. The van der Waals surface area contributed by atoms with Gasteiger partial charge in [0.25, 0.3) is 0 Å². The van der Waals surface area contributed by atoms with Crippen molar-refractivity contribution in [3.8, 4) is 11.5 Å². The van der Waals surface area contributed by atoms with E-state index in [1.165, 1.54) is 25.2 Å². The average molecular weight is 553 g/mol. The molecule has 0 bridgehead atoms. The van der Waals surface area contributed by atoms with E-state index in [1.807, 2.05) is 12.1 Å². The Morgan fingerprint density at radius 1 is 0.625 bits per heavy atom. The fourth-order valence-corrected chi connectivity index (χ4v) is 4.43. The van der Waals surface area contributed by atoms with Crippen LogP contribution in [0.15, 0.2) is 48.8 Å². The second-order valence-corrected chi connectivity index (χ2v) is 9.24. The lowest BCUT2D eigenvalue weighted by Gasteiger charge is -2.25. The van der Waals surface area contributed by atoms with Gasteiger partial charge in [-0.15, -0.1) is 0 Å². The number of aromatic hydroxyl groups is 2. The molecule has 1 saturated heterocycles. The van der Waals surface area contributed by atoms with E-state index < -0.39 is 11.6 Å². The van der Waals surface area contributed by atoms with Gasteiger partial charge in [0.05, 0.1) is 48.6 Å². The van der Waals surface area contributed by atoms with Gasteiger partial charge in [-0.1, -0.05) is 0 Å². The molecule has 1 aliphatic heterocycles. The molecule has 0 radical (unpaired) electrons. The molecule has 0 atom stereocenters. The van der Waals surface area contributed by atoms with Crippen molar-refractivity contribution in [1.82, 2.24) is 15.3 Å². The molecular formula is C28H36N6O6. The molecule has 8 N–H and O–H groups in total. The lowest BCUT2D eigenvalue weighted by atomic mass is 9.81. The molecule has 5 rings (SSSR count). The number of carbonyl (C=O) groups excluding carboxylic acids is 2. The van der Waals surface area contributed by atoms with Gasteiger partial charge in [-0.05, 0) is 36.4 Å². The molecule has 0 amide bonds. The van der Waals surface area contributed by atoms with Gasteiger partial charge in [-0.2, -0.15) is 0 Å². The highest BCUT2D eigenvalue weighted by Gasteiger charge is 2.37. The van der Waals surface area contributed by atoms with Gasteiger partial charge in [0.1, 0.15) is 11.5 Å². The number of hydrogen-bond donors (Lipinski definition) is 8. The summed E-state index contributed by atoms with van der Waals surface area (Å²) in [5, 5.41) is 52.8. The SMILES string of the molecule is O=C1c2c(O)ccc(O)c2C(=O)c2c(NCCNCCO)ccc(NCCNCCO)c21.c1ccn(N2CC2)c1. The van der Waals surface area contributed by atoms with E-state index in [0.717, 1.165) is 0 Å². The topological polar surface area (TPSA) is 171 Å². The summed E-state index contributed by atoms with van der Waals surface area (Å²) in [6.07, 6.45) is 4.12. The number of nitrogens with zero attached hydrogens (tertiary/aromatic N) is 2. The first kappa shape index (κ1) is 28.9. The summed E-state index contributed by atoms with van der Waals surface area (Å²) < 4.78 is 2.11. The third kappa shape index (κ3) is 6.72. The third-order valence-electron chi connectivity index (χ3n) is 6.43. The molecule has 2 heterocycles. The van der Waals surface area contributed by atoms with Gasteiger partial charge in [-0.3, -0.25) is 14.3 Å². The number of aliphatic hydroxyl groups excluding tert-OH is 2. The predicted octanol–water partition coefficient (Wildman–Crippen LogP) is 0.301. The standard InChI is InChI=1S/C22H28N4O6.C6H8N2/c27-11-9-23-5-7-25-13-1-2-14(26-8-6-24-10-12-28)18-17(13)21(31)19-15(29)3-4-16(30)20(19)22(18)32;1-2-4-7(3-1)8-5-6-8/h1-4,23-30H,5-12H2;1-4H,5-6H2. The molecule has 0 saturated carbocycles. The minimum Gasteiger partial charge on any atom is -0.507 e. The number of anilines is 2. The number of carbonyl (C=O) groups is 2. The average Bonchev–Trinajstić information content (AvgIpc) is 3.66.